The van der Waals surface area contributed by atoms with Gasteiger partial charge in [-0.1, -0.05) is 30.4 Å². The van der Waals surface area contributed by atoms with Crippen LogP contribution in [0.4, 0.5) is 8.78 Å². The standard InChI is InChI=1S/C24H28F2N2O5S/c1-4-5-6-21(16(2)3)22(15-29)23(30)27-11-17-13-28(14-18(17)12-27)34(31,32)20-9-7-19(8-10-20)33-24(25)26/h4-10,22,24,29H,2,11-15H2,1,3H3/b5-4-,21-6+/t22-/m1/s1. The summed E-state index contributed by atoms with van der Waals surface area (Å²) in [5.74, 6) is -1.11. The lowest BCUT2D eigenvalue weighted by Crippen LogP contribution is -2.40. The van der Waals surface area contributed by atoms with Crippen molar-refractivity contribution in [2.45, 2.75) is 25.4 Å². The minimum atomic E-state index is -3.84. The molecule has 0 spiro atoms. The molecule has 184 valence electrons. The zero-order chi connectivity index (χ0) is 25.0. The van der Waals surface area contributed by atoms with Gasteiger partial charge in [0.25, 0.3) is 0 Å². The Balaban J connectivity index is 1.68. The van der Waals surface area contributed by atoms with Crippen molar-refractivity contribution in [2.24, 2.45) is 5.92 Å². The number of rotatable bonds is 9. The van der Waals surface area contributed by atoms with Crippen LogP contribution in [-0.4, -0.2) is 68.0 Å². The Hall–Kier alpha value is -2.82. The molecule has 0 saturated heterocycles. The Morgan fingerprint density at radius 1 is 1.18 bits per heavy atom. The fourth-order valence-corrected chi connectivity index (χ4v) is 5.53. The van der Waals surface area contributed by atoms with Crippen LogP contribution in [0.2, 0.25) is 0 Å². The summed E-state index contributed by atoms with van der Waals surface area (Å²) < 4.78 is 56.2. The number of carbonyl (C=O) groups excluding carboxylic acids is 1. The van der Waals surface area contributed by atoms with E-state index in [-0.39, 0.29) is 49.3 Å². The van der Waals surface area contributed by atoms with Gasteiger partial charge in [0, 0.05) is 26.2 Å². The van der Waals surface area contributed by atoms with Crippen molar-refractivity contribution in [1.82, 2.24) is 9.21 Å². The summed E-state index contributed by atoms with van der Waals surface area (Å²) in [5.41, 5.74) is 3.04. The molecule has 1 N–H and O–H groups in total. The average Bonchev–Trinajstić information content (AvgIpc) is 3.36. The minimum Gasteiger partial charge on any atom is -0.435 e. The maximum atomic E-state index is 13.2. The van der Waals surface area contributed by atoms with Gasteiger partial charge in [-0.15, -0.1) is 0 Å². The number of amides is 1. The zero-order valence-electron chi connectivity index (χ0n) is 19.1. The van der Waals surface area contributed by atoms with Gasteiger partial charge in [0.1, 0.15) is 5.75 Å². The molecule has 0 radical (unpaired) electrons. The molecule has 0 bridgehead atoms. The van der Waals surface area contributed by atoms with Crippen LogP contribution in [0.15, 0.2) is 76.3 Å². The van der Waals surface area contributed by atoms with Crippen LogP contribution < -0.4 is 4.74 Å². The Labute approximate surface area is 198 Å². The summed E-state index contributed by atoms with van der Waals surface area (Å²) in [6.07, 6.45) is 5.38. The molecule has 1 aromatic carbocycles. The topological polar surface area (TPSA) is 87.2 Å². The first-order chi connectivity index (χ1) is 16.1. The Kier molecular flexibility index (Phi) is 8.06. The maximum Gasteiger partial charge on any atom is 0.387 e. The normalized spacial score (nSPS) is 18.2. The summed E-state index contributed by atoms with van der Waals surface area (Å²) in [5, 5.41) is 9.92. The van der Waals surface area contributed by atoms with Crippen molar-refractivity contribution in [1.29, 1.82) is 0 Å². The third kappa shape index (κ3) is 5.45. The van der Waals surface area contributed by atoms with E-state index >= 15 is 0 Å². The van der Waals surface area contributed by atoms with Crippen LogP contribution in [0.1, 0.15) is 13.8 Å². The Morgan fingerprint density at radius 3 is 2.24 bits per heavy atom. The van der Waals surface area contributed by atoms with Gasteiger partial charge in [-0.25, -0.2) is 8.42 Å². The quantitative estimate of drug-likeness (QED) is 0.421. The van der Waals surface area contributed by atoms with Gasteiger partial charge in [0.2, 0.25) is 15.9 Å². The van der Waals surface area contributed by atoms with Crippen molar-refractivity contribution in [3.05, 3.63) is 71.4 Å². The van der Waals surface area contributed by atoms with E-state index in [2.05, 4.69) is 11.3 Å². The van der Waals surface area contributed by atoms with E-state index in [0.717, 1.165) is 11.1 Å². The van der Waals surface area contributed by atoms with Crippen LogP contribution in [0.3, 0.4) is 0 Å². The molecule has 0 aromatic heterocycles. The van der Waals surface area contributed by atoms with Crippen molar-refractivity contribution >= 4 is 15.9 Å². The number of ether oxygens (including phenoxy) is 1. The van der Waals surface area contributed by atoms with E-state index in [0.29, 0.717) is 11.1 Å². The second-order valence-electron chi connectivity index (χ2n) is 8.19. The molecule has 34 heavy (non-hydrogen) atoms. The molecular weight excluding hydrogens is 466 g/mol. The number of aliphatic hydroxyl groups is 1. The maximum absolute atomic E-state index is 13.2. The van der Waals surface area contributed by atoms with E-state index in [1.807, 2.05) is 13.0 Å². The van der Waals surface area contributed by atoms with Gasteiger partial charge in [-0.05, 0) is 54.8 Å². The first-order valence-corrected chi connectivity index (χ1v) is 12.2. The molecule has 0 aliphatic carbocycles. The highest BCUT2D eigenvalue weighted by atomic mass is 32.2. The highest BCUT2D eigenvalue weighted by molar-refractivity contribution is 7.89. The van der Waals surface area contributed by atoms with Crippen LogP contribution >= 0.6 is 0 Å². The fourth-order valence-electron chi connectivity index (χ4n) is 4.10. The van der Waals surface area contributed by atoms with Gasteiger partial charge in [-0.2, -0.15) is 13.1 Å². The van der Waals surface area contributed by atoms with E-state index in [4.69, 9.17) is 0 Å². The molecule has 2 aliphatic heterocycles. The molecule has 0 fully saturated rings. The number of hydrogen-bond donors (Lipinski definition) is 1. The third-order valence-electron chi connectivity index (χ3n) is 5.81. The first-order valence-electron chi connectivity index (χ1n) is 10.7. The van der Waals surface area contributed by atoms with Gasteiger partial charge in [0.05, 0.1) is 17.4 Å². The second-order valence-corrected chi connectivity index (χ2v) is 10.1. The number of aliphatic hydroxyl groups excluding tert-OH is 1. The van der Waals surface area contributed by atoms with Crippen LogP contribution in [-0.2, 0) is 14.8 Å². The number of allylic oxidation sites excluding steroid dienone is 4. The van der Waals surface area contributed by atoms with Crippen molar-refractivity contribution in [3.8, 4) is 5.75 Å². The monoisotopic (exact) mass is 494 g/mol. The summed E-state index contributed by atoms with van der Waals surface area (Å²) in [4.78, 5) is 14.8. The molecule has 2 aliphatic rings. The molecule has 1 aromatic rings. The summed E-state index contributed by atoms with van der Waals surface area (Å²) in [6.45, 7) is 5.04. The van der Waals surface area contributed by atoms with Gasteiger partial charge >= 0.3 is 6.61 Å². The molecule has 3 rings (SSSR count). The number of halogens is 2. The van der Waals surface area contributed by atoms with E-state index < -0.39 is 22.6 Å². The van der Waals surface area contributed by atoms with Crippen molar-refractivity contribution in [2.75, 3.05) is 32.8 Å². The van der Waals surface area contributed by atoms with Crippen LogP contribution in [0, 0.1) is 5.92 Å². The molecule has 7 nitrogen and oxygen atoms in total. The highest BCUT2D eigenvalue weighted by Gasteiger charge is 2.39. The molecule has 2 heterocycles. The summed E-state index contributed by atoms with van der Waals surface area (Å²) >= 11 is 0. The largest absolute Gasteiger partial charge is 0.435 e. The predicted molar refractivity (Wildman–Crippen MR) is 124 cm³/mol. The fraction of sp³-hybridized carbons (Fsp3) is 0.375. The van der Waals surface area contributed by atoms with E-state index in [1.54, 1.807) is 24.0 Å². The number of sulfonamides is 1. The highest BCUT2D eigenvalue weighted by Crippen LogP contribution is 2.32. The van der Waals surface area contributed by atoms with Crippen molar-refractivity contribution < 1.29 is 31.8 Å². The van der Waals surface area contributed by atoms with E-state index in [9.17, 15) is 27.1 Å². The molecule has 10 heteroatoms. The van der Waals surface area contributed by atoms with E-state index in [1.165, 1.54) is 28.6 Å². The van der Waals surface area contributed by atoms with Crippen LogP contribution in [0.25, 0.3) is 0 Å². The number of nitrogens with zero attached hydrogens (tertiary/aromatic N) is 2. The lowest BCUT2D eigenvalue weighted by Gasteiger charge is -2.27. The van der Waals surface area contributed by atoms with Crippen LogP contribution in [0.5, 0.6) is 5.75 Å². The summed E-state index contributed by atoms with van der Waals surface area (Å²) in [6, 6.07) is 4.83. The first kappa shape index (κ1) is 25.8. The lowest BCUT2D eigenvalue weighted by molar-refractivity contribution is -0.134. The summed E-state index contributed by atoms with van der Waals surface area (Å²) in [7, 11) is -3.84. The zero-order valence-corrected chi connectivity index (χ0v) is 19.9. The average molecular weight is 495 g/mol. The molecular formula is C24H28F2N2O5S. The van der Waals surface area contributed by atoms with Crippen molar-refractivity contribution in [3.63, 3.8) is 0 Å². The molecule has 0 unspecified atom stereocenters. The number of hydrogen-bond acceptors (Lipinski definition) is 5. The molecule has 1 amide bonds. The Bertz CT molecular complexity index is 1120. The van der Waals surface area contributed by atoms with Gasteiger partial charge < -0.3 is 14.7 Å². The van der Waals surface area contributed by atoms with Gasteiger partial charge in [0.15, 0.2) is 0 Å². The number of carbonyl (C=O) groups is 1. The number of benzene rings is 1. The molecule has 0 saturated carbocycles. The third-order valence-corrected chi connectivity index (χ3v) is 7.62. The minimum absolute atomic E-state index is 0.0243. The predicted octanol–water partition coefficient (Wildman–Crippen LogP) is 3.12. The Morgan fingerprint density at radius 2 is 1.76 bits per heavy atom. The SMILES string of the molecule is C=C(C)/C(=C\C=C/C)[C@@H](CO)C(=O)N1CC2=C(C1)CN(S(=O)(=O)c1ccc(OC(F)F)cc1)C2. The van der Waals surface area contributed by atoms with Gasteiger partial charge in [-0.3, -0.25) is 4.79 Å². The number of alkyl halides is 2. The smallest absolute Gasteiger partial charge is 0.387 e. The molecule has 1 atom stereocenters. The lowest BCUT2D eigenvalue weighted by atomic mass is 9.92. The second kappa shape index (κ2) is 10.6.